The Hall–Kier alpha value is -2.12. The molecule has 0 atom stereocenters. The Morgan fingerprint density at radius 3 is 2.58 bits per heavy atom. The zero-order valence-corrected chi connectivity index (χ0v) is 15.0. The van der Waals surface area contributed by atoms with Gasteiger partial charge in [0.1, 0.15) is 4.88 Å². The Balaban J connectivity index is 0.000000647. The third-order valence-electron chi connectivity index (χ3n) is 3.37. The molecule has 0 radical (unpaired) electrons. The van der Waals surface area contributed by atoms with E-state index < -0.39 is 0 Å². The van der Waals surface area contributed by atoms with Gasteiger partial charge in [-0.1, -0.05) is 11.6 Å². The first kappa shape index (κ1) is 18.2. The number of aryl methyl sites for hydroxylation is 1. The standard InChI is InChI=1S/C14H11ClN2O2S2.CO2/c1-3-17-13(19)11(21-14(17)20)9-8-5-7(15)4-6(2)10(8)16-12(9)18;2-1-3/h4-5,19H,3H2,1-2H3;. The molecule has 0 aliphatic carbocycles. The number of hydrogen-bond donors (Lipinski definition) is 1. The maximum absolute atomic E-state index is 12.3. The lowest BCUT2D eigenvalue weighted by atomic mass is 10.1. The molecule has 24 heavy (non-hydrogen) atoms. The maximum atomic E-state index is 12.3. The molecule has 1 aliphatic rings. The van der Waals surface area contributed by atoms with Gasteiger partial charge in [-0.15, -0.1) is 11.3 Å². The van der Waals surface area contributed by atoms with Gasteiger partial charge in [0, 0.05) is 16.8 Å². The van der Waals surface area contributed by atoms with Crippen molar-refractivity contribution in [3.05, 3.63) is 42.1 Å². The minimum absolute atomic E-state index is 0.0107. The number of aromatic hydroxyl groups is 1. The van der Waals surface area contributed by atoms with E-state index in [9.17, 15) is 9.90 Å². The number of thiazole rings is 1. The molecule has 6 nitrogen and oxygen atoms in total. The smallest absolute Gasteiger partial charge is 0.373 e. The van der Waals surface area contributed by atoms with E-state index in [4.69, 9.17) is 33.4 Å². The molecule has 0 saturated carbocycles. The van der Waals surface area contributed by atoms with Crippen LogP contribution in [0, 0.1) is 10.9 Å². The number of nitrogens with zero attached hydrogens (tertiary/aromatic N) is 2. The summed E-state index contributed by atoms with van der Waals surface area (Å²) in [4.78, 5) is 33.0. The first-order chi connectivity index (χ1) is 11.3. The van der Waals surface area contributed by atoms with Crippen LogP contribution in [0.3, 0.4) is 0 Å². The molecule has 0 bridgehead atoms. The highest BCUT2D eigenvalue weighted by Gasteiger charge is 2.25. The molecule has 3 rings (SSSR count). The quantitative estimate of drug-likeness (QED) is 0.799. The first-order valence-electron chi connectivity index (χ1n) is 6.71. The molecule has 124 valence electrons. The van der Waals surface area contributed by atoms with Crippen LogP contribution >= 0.6 is 35.2 Å². The van der Waals surface area contributed by atoms with Crippen molar-refractivity contribution in [3.63, 3.8) is 0 Å². The fourth-order valence-electron chi connectivity index (χ4n) is 2.41. The average molecular weight is 383 g/mol. The number of aromatic nitrogens is 1. The number of halogens is 1. The van der Waals surface area contributed by atoms with Gasteiger partial charge in [-0.2, -0.15) is 9.59 Å². The van der Waals surface area contributed by atoms with E-state index >= 15 is 0 Å². The molecule has 2 heterocycles. The van der Waals surface area contributed by atoms with E-state index in [2.05, 4.69) is 4.99 Å². The average Bonchev–Trinajstić information content (AvgIpc) is 2.96. The third kappa shape index (κ3) is 3.09. The number of rotatable bonds is 2. The van der Waals surface area contributed by atoms with Gasteiger partial charge >= 0.3 is 6.15 Å². The van der Waals surface area contributed by atoms with Crippen LogP contribution in [0.4, 0.5) is 0 Å². The number of carbonyl (C=O) groups excluding carboxylic acids is 3. The number of fused-ring (bicyclic) bond motifs is 1. The van der Waals surface area contributed by atoms with Crippen LogP contribution in [0.25, 0.3) is 5.57 Å². The highest BCUT2D eigenvalue weighted by molar-refractivity contribution is 7.73. The molecular formula is C15H11ClN2O4S2. The molecule has 0 fully saturated rings. The van der Waals surface area contributed by atoms with Crippen LogP contribution in [0.15, 0.2) is 17.1 Å². The van der Waals surface area contributed by atoms with E-state index in [1.807, 2.05) is 13.8 Å². The summed E-state index contributed by atoms with van der Waals surface area (Å²) in [6.45, 7) is 4.27. The topological polar surface area (TPSA) is 88.7 Å². The second-order valence-electron chi connectivity index (χ2n) is 4.76. The Morgan fingerprint density at radius 1 is 1.42 bits per heavy atom. The van der Waals surface area contributed by atoms with Crippen LogP contribution in [0.1, 0.15) is 17.4 Å². The highest BCUT2D eigenvalue weighted by Crippen LogP contribution is 2.32. The van der Waals surface area contributed by atoms with Gasteiger partial charge in [-0.25, -0.2) is 4.99 Å². The minimum Gasteiger partial charge on any atom is -0.493 e. The molecular weight excluding hydrogens is 372 g/mol. The molecule has 0 unspecified atom stereocenters. The Morgan fingerprint density at radius 2 is 2.04 bits per heavy atom. The summed E-state index contributed by atoms with van der Waals surface area (Å²) in [5.41, 5.74) is 1.20. The number of hydrogen-bond acceptors (Lipinski definition) is 6. The fourth-order valence-corrected chi connectivity index (χ4v) is 4.14. The van der Waals surface area contributed by atoms with Gasteiger partial charge in [0.15, 0.2) is 3.95 Å². The molecule has 1 aromatic carbocycles. The summed E-state index contributed by atoms with van der Waals surface area (Å²) in [5.74, 6) is -0.360. The van der Waals surface area contributed by atoms with E-state index in [1.165, 1.54) is 11.3 Å². The molecule has 1 N–H and O–H groups in total. The summed E-state index contributed by atoms with van der Waals surface area (Å²) >= 11 is 12.5. The van der Waals surface area contributed by atoms with Crippen LogP contribution in [0.2, 0.25) is 5.02 Å². The molecule has 1 aliphatic heterocycles. The van der Waals surface area contributed by atoms with Crippen LogP contribution < -0.4 is 10.6 Å². The highest BCUT2D eigenvalue weighted by atomic mass is 35.5. The number of amides is 1. The molecule has 9 heteroatoms. The van der Waals surface area contributed by atoms with Crippen molar-refractivity contribution in [2.75, 3.05) is 0 Å². The molecule has 0 spiro atoms. The Kier molecular flexibility index (Phi) is 5.46. The lowest BCUT2D eigenvalue weighted by molar-refractivity contribution is -0.191. The molecule has 1 aromatic heterocycles. The Bertz CT molecular complexity index is 1050. The van der Waals surface area contributed by atoms with E-state index in [0.717, 1.165) is 5.56 Å². The van der Waals surface area contributed by atoms with Crippen molar-refractivity contribution in [2.24, 2.45) is 4.99 Å². The monoisotopic (exact) mass is 382 g/mol. The molecule has 0 saturated heterocycles. The van der Waals surface area contributed by atoms with Crippen LogP contribution in [-0.2, 0) is 20.9 Å². The SMILES string of the molecule is CCn1c(O)c(C2=c3cc(Cl)cc(C)c3=NC2=O)sc1=S.O=C=O. The van der Waals surface area contributed by atoms with Crippen LogP contribution in [0.5, 0.6) is 5.88 Å². The van der Waals surface area contributed by atoms with Gasteiger partial charge in [0.2, 0.25) is 5.88 Å². The summed E-state index contributed by atoms with van der Waals surface area (Å²) in [5, 5.41) is 12.1. The van der Waals surface area contributed by atoms with Gasteiger partial charge < -0.3 is 5.11 Å². The number of benzene rings is 1. The largest absolute Gasteiger partial charge is 0.493 e. The summed E-state index contributed by atoms with van der Waals surface area (Å²) in [6, 6.07) is 3.46. The first-order valence-corrected chi connectivity index (χ1v) is 8.31. The minimum atomic E-state index is -0.370. The molecule has 1 amide bonds. The van der Waals surface area contributed by atoms with Gasteiger partial charge in [0.25, 0.3) is 5.91 Å². The number of carbonyl (C=O) groups is 1. The van der Waals surface area contributed by atoms with Gasteiger partial charge in [-0.05, 0) is 43.8 Å². The zero-order valence-electron chi connectivity index (χ0n) is 12.6. The van der Waals surface area contributed by atoms with Gasteiger partial charge in [0.05, 0.1) is 10.9 Å². The second kappa shape index (κ2) is 7.19. The lowest BCUT2D eigenvalue weighted by Crippen LogP contribution is -2.26. The zero-order chi connectivity index (χ0) is 18.0. The normalized spacial score (nSPS) is 12.1. The van der Waals surface area contributed by atoms with Crippen LogP contribution in [-0.4, -0.2) is 21.7 Å². The maximum Gasteiger partial charge on any atom is 0.373 e. The van der Waals surface area contributed by atoms with Crippen molar-refractivity contribution in [3.8, 4) is 5.88 Å². The van der Waals surface area contributed by atoms with Gasteiger partial charge in [-0.3, -0.25) is 9.36 Å². The van der Waals surface area contributed by atoms with E-state index in [0.29, 0.717) is 36.5 Å². The van der Waals surface area contributed by atoms with E-state index in [1.54, 1.807) is 16.7 Å². The predicted octanol–water partition coefficient (Wildman–Crippen LogP) is 1.74. The van der Waals surface area contributed by atoms with Crippen molar-refractivity contribution < 1.29 is 19.5 Å². The summed E-state index contributed by atoms with van der Waals surface area (Å²) in [7, 11) is 0. The fraction of sp³-hybridized carbons (Fsp3) is 0.200. The van der Waals surface area contributed by atoms with E-state index in [-0.39, 0.29) is 17.9 Å². The summed E-state index contributed by atoms with van der Waals surface area (Å²) < 4.78 is 2.11. The predicted molar refractivity (Wildman–Crippen MR) is 90.0 cm³/mol. The van der Waals surface area contributed by atoms with Crippen molar-refractivity contribution in [2.45, 2.75) is 20.4 Å². The van der Waals surface area contributed by atoms with Crippen molar-refractivity contribution >= 4 is 52.8 Å². The molecule has 2 aromatic rings. The third-order valence-corrected chi connectivity index (χ3v) is 5.05. The second-order valence-corrected chi connectivity index (χ2v) is 6.84. The summed E-state index contributed by atoms with van der Waals surface area (Å²) in [6.07, 6.45) is 0.250. The Labute approximate surface area is 150 Å². The lowest BCUT2D eigenvalue weighted by Gasteiger charge is -2.01. The van der Waals surface area contributed by atoms with Crippen molar-refractivity contribution in [1.82, 2.24) is 4.57 Å². The van der Waals surface area contributed by atoms with Crippen molar-refractivity contribution in [1.29, 1.82) is 0 Å².